The van der Waals surface area contributed by atoms with E-state index in [9.17, 15) is 14.7 Å². The molecule has 1 fully saturated rings. The van der Waals surface area contributed by atoms with Crippen molar-refractivity contribution in [1.82, 2.24) is 14.5 Å². The quantitative estimate of drug-likeness (QED) is 0.529. The van der Waals surface area contributed by atoms with E-state index in [0.717, 1.165) is 12.0 Å². The van der Waals surface area contributed by atoms with Crippen molar-refractivity contribution < 1.29 is 24.1 Å². The molecule has 35 heavy (non-hydrogen) atoms. The Labute approximate surface area is 203 Å². The van der Waals surface area contributed by atoms with Crippen LogP contribution in [0.1, 0.15) is 41.0 Å². The molecule has 1 aromatic heterocycles. The van der Waals surface area contributed by atoms with Gasteiger partial charge in [-0.15, -0.1) is 0 Å². The highest BCUT2D eigenvalue weighted by molar-refractivity contribution is 5.96. The van der Waals surface area contributed by atoms with Gasteiger partial charge < -0.3 is 24.2 Å². The first-order valence-corrected chi connectivity index (χ1v) is 11.5. The molecular weight excluding hydrogens is 450 g/mol. The van der Waals surface area contributed by atoms with Crippen LogP contribution in [0.5, 0.6) is 17.4 Å². The Morgan fingerprint density at radius 2 is 1.77 bits per heavy atom. The number of carbonyl (C=O) groups is 1. The van der Waals surface area contributed by atoms with Gasteiger partial charge in [-0.05, 0) is 31.0 Å². The van der Waals surface area contributed by atoms with Gasteiger partial charge in [0.15, 0.2) is 5.56 Å². The molecule has 1 aliphatic heterocycles. The van der Waals surface area contributed by atoms with Crippen molar-refractivity contribution in [2.75, 3.05) is 33.9 Å². The van der Waals surface area contributed by atoms with E-state index in [0.29, 0.717) is 31.2 Å². The highest BCUT2D eigenvalue weighted by Gasteiger charge is 2.33. The molecule has 0 aliphatic carbocycles. The monoisotopic (exact) mass is 479 g/mol. The van der Waals surface area contributed by atoms with Crippen molar-refractivity contribution in [1.29, 1.82) is 0 Å². The van der Waals surface area contributed by atoms with E-state index >= 15 is 0 Å². The number of aromatic nitrogens is 2. The third kappa shape index (κ3) is 4.72. The lowest BCUT2D eigenvalue weighted by atomic mass is 9.99. The van der Waals surface area contributed by atoms with Gasteiger partial charge in [0, 0.05) is 25.6 Å². The maximum atomic E-state index is 13.8. The molecule has 2 aromatic carbocycles. The normalized spacial score (nSPS) is 15.3. The Balaban J connectivity index is 1.80. The van der Waals surface area contributed by atoms with Gasteiger partial charge in [-0.1, -0.05) is 36.4 Å². The minimum atomic E-state index is -0.719. The molecule has 1 amide bonds. The number of hydrogen-bond acceptors (Lipinski definition) is 7. The summed E-state index contributed by atoms with van der Waals surface area (Å²) < 4.78 is 17.7. The number of nitrogens with zero attached hydrogens (tertiary/aromatic N) is 3. The molecule has 9 nitrogen and oxygen atoms in total. The Morgan fingerprint density at radius 1 is 1.09 bits per heavy atom. The first-order valence-electron chi connectivity index (χ1n) is 11.5. The van der Waals surface area contributed by atoms with Crippen LogP contribution in [0.4, 0.5) is 0 Å². The Kier molecular flexibility index (Phi) is 7.36. The fourth-order valence-electron chi connectivity index (χ4n) is 4.41. The van der Waals surface area contributed by atoms with E-state index in [-0.39, 0.29) is 24.0 Å². The van der Waals surface area contributed by atoms with Crippen LogP contribution in [0.3, 0.4) is 0 Å². The van der Waals surface area contributed by atoms with E-state index in [1.165, 1.54) is 18.8 Å². The lowest BCUT2D eigenvalue weighted by Crippen LogP contribution is -2.37. The van der Waals surface area contributed by atoms with Gasteiger partial charge in [-0.2, -0.15) is 4.98 Å². The molecule has 0 unspecified atom stereocenters. The number of carbonyl (C=O) groups excluding carboxylic acids is 1. The highest BCUT2D eigenvalue weighted by atomic mass is 16.5. The largest absolute Gasteiger partial charge is 0.494 e. The SMILES string of the molecule is CCOCc1nc(O)c(C(=O)N2CC[C@@H](c3ccccc3)C2)c(=O)n1-c1c(OC)cccc1OC. The zero-order valence-corrected chi connectivity index (χ0v) is 20.1. The van der Waals surface area contributed by atoms with E-state index in [2.05, 4.69) is 4.98 Å². The summed E-state index contributed by atoms with van der Waals surface area (Å²) in [5.41, 5.74) is 0.297. The summed E-state index contributed by atoms with van der Waals surface area (Å²) in [6.45, 7) is 3.03. The van der Waals surface area contributed by atoms with Crippen LogP contribution in [0.15, 0.2) is 53.3 Å². The van der Waals surface area contributed by atoms with Crippen molar-refractivity contribution in [2.45, 2.75) is 25.9 Å². The highest BCUT2D eigenvalue weighted by Crippen LogP contribution is 2.33. The lowest BCUT2D eigenvalue weighted by molar-refractivity contribution is 0.0783. The van der Waals surface area contributed by atoms with Crippen molar-refractivity contribution >= 4 is 5.91 Å². The van der Waals surface area contributed by atoms with Crippen LogP contribution in [0.25, 0.3) is 5.69 Å². The van der Waals surface area contributed by atoms with Gasteiger partial charge in [0.05, 0.1) is 14.2 Å². The minimum Gasteiger partial charge on any atom is -0.494 e. The minimum absolute atomic E-state index is 0.0607. The number of likely N-dealkylation sites (tertiary alicyclic amines) is 1. The Bertz CT molecular complexity index is 1240. The molecule has 184 valence electrons. The van der Waals surface area contributed by atoms with Crippen molar-refractivity contribution in [3.63, 3.8) is 0 Å². The van der Waals surface area contributed by atoms with Crippen LogP contribution in [0.2, 0.25) is 0 Å². The maximum Gasteiger partial charge on any atom is 0.275 e. The summed E-state index contributed by atoms with van der Waals surface area (Å²) in [6.07, 6.45) is 0.765. The van der Waals surface area contributed by atoms with Crippen LogP contribution >= 0.6 is 0 Å². The number of benzene rings is 2. The molecule has 0 radical (unpaired) electrons. The number of ether oxygens (including phenoxy) is 3. The Hall–Kier alpha value is -3.85. The molecule has 1 saturated heterocycles. The number of amides is 1. The lowest BCUT2D eigenvalue weighted by Gasteiger charge is -2.21. The zero-order chi connectivity index (χ0) is 24.9. The summed E-state index contributed by atoms with van der Waals surface area (Å²) in [7, 11) is 2.94. The van der Waals surface area contributed by atoms with E-state index in [4.69, 9.17) is 14.2 Å². The second-order valence-electron chi connectivity index (χ2n) is 8.16. The first kappa shape index (κ1) is 24.3. The van der Waals surface area contributed by atoms with E-state index in [1.807, 2.05) is 30.3 Å². The van der Waals surface area contributed by atoms with Crippen LogP contribution < -0.4 is 15.0 Å². The van der Waals surface area contributed by atoms with Crippen LogP contribution in [-0.4, -0.2) is 59.4 Å². The topological polar surface area (TPSA) is 103 Å². The zero-order valence-electron chi connectivity index (χ0n) is 20.1. The van der Waals surface area contributed by atoms with Crippen LogP contribution in [0, 0.1) is 0 Å². The molecule has 1 atom stereocenters. The molecule has 9 heteroatoms. The van der Waals surface area contributed by atoms with Crippen molar-refractivity contribution in [3.05, 3.63) is 75.8 Å². The molecule has 2 heterocycles. The van der Waals surface area contributed by atoms with Gasteiger partial charge >= 0.3 is 0 Å². The summed E-state index contributed by atoms with van der Waals surface area (Å²) in [5, 5.41) is 10.7. The maximum absolute atomic E-state index is 13.8. The summed E-state index contributed by atoms with van der Waals surface area (Å²) in [6, 6.07) is 15.0. The fraction of sp³-hybridized carbons (Fsp3) is 0.346. The smallest absolute Gasteiger partial charge is 0.275 e. The summed E-state index contributed by atoms with van der Waals surface area (Å²) in [5.74, 6) is -0.214. The third-order valence-electron chi connectivity index (χ3n) is 6.15. The van der Waals surface area contributed by atoms with Gasteiger partial charge in [0.1, 0.15) is 29.6 Å². The molecule has 1 N–H and O–H groups in total. The third-order valence-corrected chi connectivity index (χ3v) is 6.15. The van der Waals surface area contributed by atoms with E-state index < -0.39 is 22.9 Å². The standard InChI is InChI=1S/C26H29N3O6/c1-4-35-16-21-27-24(30)22(25(31)28-14-13-18(15-28)17-9-6-5-7-10-17)26(32)29(21)23-19(33-2)11-8-12-20(23)34-3/h5-12,18,30H,4,13-16H2,1-3H3/t18-/m1/s1. The van der Waals surface area contributed by atoms with Gasteiger partial charge in [0.25, 0.3) is 11.5 Å². The second kappa shape index (κ2) is 10.6. The predicted molar refractivity (Wildman–Crippen MR) is 130 cm³/mol. The van der Waals surface area contributed by atoms with Gasteiger partial charge in [-0.3, -0.25) is 14.2 Å². The number of hydrogen-bond donors (Lipinski definition) is 1. The molecule has 1 aliphatic rings. The number of methoxy groups -OCH3 is 2. The summed E-state index contributed by atoms with van der Waals surface area (Å²) in [4.78, 5) is 33.1. The second-order valence-corrected chi connectivity index (χ2v) is 8.16. The van der Waals surface area contributed by atoms with Crippen molar-refractivity contribution in [2.24, 2.45) is 0 Å². The number of aromatic hydroxyl groups is 1. The van der Waals surface area contributed by atoms with Gasteiger partial charge in [0.2, 0.25) is 5.88 Å². The fourth-order valence-corrected chi connectivity index (χ4v) is 4.41. The van der Waals surface area contributed by atoms with Crippen molar-refractivity contribution in [3.8, 4) is 23.1 Å². The molecular formula is C26H29N3O6. The van der Waals surface area contributed by atoms with Gasteiger partial charge in [-0.25, -0.2) is 0 Å². The average Bonchev–Trinajstić information content (AvgIpc) is 3.38. The molecule has 4 rings (SSSR count). The predicted octanol–water partition coefficient (Wildman–Crippen LogP) is 3.12. The van der Waals surface area contributed by atoms with Crippen LogP contribution in [-0.2, 0) is 11.3 Å². The summed E-state index contributed by atoms with van der Waals surface area (Å²) >= 11 is 0. The molecule has 0 bridgehead atoms. The number of rotatable bonds is 8. The molecule has 0 spiro atoms. The average molecular weight is 480 g/mol. The Morgan fingerprint density at radius 3 is 2.40 bits per heavy atom. The molecule has 3 aromatic rings. The first-order chi connectivity index (χ1) is 17.0. The van der Waals surface area contributed by atoms with E-state index in [1.54, 1.807) is 30.0 Å². The number of para-hydroxylation sites is 1. The molecule has 0 saturated carbocycles.